The number of nitrogens with one attached hydrogen (secondary N) is 1. The van der Waals surface area contributed by atoms with Gasteiger partial charge >= 0.3 is 5.97 Å². The van der Waals surface area contributed by atoms with Crippen LogP contribution in [0.15, 0.2) is 18.2 Å². The summed E-state index contributed by atoms with van der Waals surface area (Å²) < 4.78 is 10.2. The van der Waals surface area contributed by atoms with Gasteiger partial charge in [-0.3, -0.25) is 4.79 Å². The van der Waals surface area contributed by atoms with E-state index in [0.29, 0.717) is 23.6 Å². The highest BCUT2D eigenvalue weighted by Gasteiger charge is 2.19. The highest BCUT2D eigenvalue weighted by atomic mass is 16.5. The number of carboxylic acid groups (broad SMARTS) is 1. The van der Waals surface area contributed by atoms with Gasteiger partial charge in [0.2, 0.25) is 0 Å². The van der Waals surface area contributed by atoms with Crippen LogP contribution in [0.3, 0.4) is 0 Å². The molecule has 0 aliphatic rings. The van der Waals surface area contributed by atoms with Crippen molar-refractivity contribution in [3.05, 3.63) is 23.8 Å². The number of benzene rings is 1. The second kappa shape index (κ2) is 6.10. The van der Waals surface area contributed by atoms with E-state index in [-0.39, 0.29) is 0 Å². The molecule has 0 aliphatic carbocycles. The normalized spacial score (nSPS) is 11.9. The molecule has 0 fully saturated rings. The summed E-state index contributed by atoms with van der Waals surface area (Å²) in [6, 6.07) is 4.31. The van der Waals surface area contributed by atoms with Crippen LogP contribution in [0.1, 0.15) is 18.5 Å². The molecule has 0 aromatic heterocycles. The van der Waals surface area contributed by atoms with Crippen LogP contribution in [0.5, 0.6) is 11.5 Å². The molecule has 0 heterocycles. The monoisotopic (exact) mass is 239 g/mol. The number of hydrogen-bond acceptors (Lipinski definition) is 4. The standard InChI is InChI=1S/C12H17NO4/c1-4-13-11(12(14)15)8-5-9(16-2)7-10(6-8)17-3/h5-7,11,13H,4H2,1-3H3,(H,14,15). The lowest BCUT2D eigenvalue weighted by molar-refractivity contribution is -0.139. The van der Waals surface area contributed by atoms with Crippen molar-refractivity contribution in [1.82, 2.24) is 5.32 Å². The van der Waals surface area contributed by atoms with E-state index in [1.165, 1.54) is 14.2 Å². The Morgan fingerprint density at radius 2 is 1.82 bits per heavy atom. The van der Waals surface area contributed by atoms with E-state index in [0.717, 1.165) is 0 Å². The summed E-state index contributed by atoms with van der Waals surface area (Å²) in [5.41, 5.74) is 0.607. The molecule has 0 saturated carbocycles. The molecule has 2 N–H and O–H groups in total. The number of aliphatic carboxylic acids is 1. The molecule has 0 saturated heterocycles. The van der Waals surface area contributed by atoms with Crippen LogP contribution in [-0.2, 0) is 4.79 Å². The van der Waals surface area contributed by atoms with E-state index in [9.17, 15) is 4.79 Å². The fourth-order valence-corrected chi connectivity index (χ4v) is 1.55. The fourth-order valence-electron chi connectivity index (χ4n) is 1.55. The van der Waals surface area contributed by atoms with Crippen molar-refractivity contribution in [3.63, 3.8) is 0 Å². The fraction of sp³-hybridized carbons (Fsp3) is 0.417. The van der Waals surface area contributed by atoms with Crippen LogP contribution in [-0.4, -0.2) is 31.8 Å². The van der Waals surface area contributed by atoms with Crippen molar-refractivity contribution in [1.29, 1.82) is 0 Å². The van der Waals surface area contributed by atoms with Crippen LogP contribution >= 0.6 is 0 Å². The van der Waals surface area contributed by atoms with Crippen LogP contribution in [0.2, 0.25) is 0 Å². The van der Waals surface area contributed by atoms with Gasteiger partial charge in [-0.2, -0.15) is 0 Å². The highest BCUT2D eigenvalue weighted by molar-refractivity contribution is 5.76. The highest BCUT2D eigenvalue weighted by Crippen LogP contribution is 2.26. The Labute approximate surface area is 100 Å². The Bertz CT molecular complexity index is 370. The van der Waals surface area contributed by atoms with Gasteiger partial charge in [-0.05, 0) is 24.2 Å². The number of ether oxygens (including phenoxy) is 2. The van der Waals surface area contributed by atoms with E-state index < -0.39 is 12.0 Å². The minimum atomic E-state index is -0.929. The number of methoxy groups -OCH3 is 2. The molecule has 94 valence electrons. The van der Waals surface area contributed by atoms with Gasteiger partial charge in [0.15, 0.2) is 0 Å². The molecule has 1 atom stereocenters. The molecule has 1 aromatic carbocycles. The average Bonchev–Trinajstić information content (AvgIpc) is 2.34. The van der Waals surface area contributed by atoms with Gasteiger partial charge in [0.1, 0.15) is 17.5 Å². The Morgan fingerprint density at radius 3 is 2.18 bits per heavy atom. The lowest BCUT2D eigenvalue weighted by atomic mass is 10.1. The van der Waals surface area contributed by atoms with Gasteiger partial charge in [-0.25, -0.2) is 0 Å². The van der Waals surface area contributed by atoms with E-state index >= 15 is 0 Å². The maximum absolute atomic E-state index is 11.1. The number of rotatable bonds is 6. The Kier molecular flexibility index (Phi) is 4.78. The van der Waals surface area contributed by atoms with Crippen LogP contribution in [0.4, 0.5) is 0 Å². The summed E-state index contributed by atoms with van der Waals surface area (Å²) in [5.74, 6) is 0.217. The van der Waals surface area contributed by atoms with Crippen molar-refractivity contribution in [2.75, 3.05) is 20.8 Å². The van der Waals surface area contributed by atoms with E-state index in [1.54, 1.807) is 18.2 Å². The van der Waals surface area contributed by atoms with Crippen molar-refractivity contribution in [2.45, 2.75) is 13.0 Å². The third-order valence-electron chi connectivity index (χ3n) is 2.36. The van der Waals surface area contributed by atoms with E-state index in [1.807, 2.05) is 6.92 Å². The van der Waals surface area contributed by atoms with Crippen LogP contribution in [0.25, 0.3) is 0 Å². The topological polar surface area (TPSA) is 67.8 Å². The molecule has 0 radical (unpaired) electrons. The molecule has 17 heavy (non-hydrogen) atoms. The maximum Gasteiger partial charge on any atom is 0.325 e. The van der Waals surface area contributed by atoms with Crippen LogP contribution in [0, 0.1) is 0 Å². The molecule has 1 aromatic rings. The van der Waals surface area contributed by atoms with Crippen LogP contribution < -0.4 is 14.8 Å². The van der Waals surface area contributed by atoms with Crippen molar-refractivity contribution >= 4 is 5.97 Å². The second-order valence-electron chi connectivity index (χ2n) is 3.47. The second-order valence-corrected chi connectivity index (χ2v) is 3.47. The molecule has 0 aliphatic heterocycles. The van der Waals surface area contributed by atoms with E-state index in [4.69, 9.17) is 14.6 Å². The lowest BCUT2D eigenvalue weighted by Crippen LogP contribution is -2.28. The zero-order valence-corrected chi connectivity index (χ0v) is 10.2. The molecular weight excluding hydrogens is 222 g/mol. The Balaban J connectivity index is 3.12. The zero-order chi connectivity index (χ0) is 12.8. The van der Waals surface area contributed by atoms with Gasteiger partial charge in [0, 0.05) is 6.07 Å². The molecule has 0 bridgehead atoms. The largest absolute Gasteiger partial charge is 0.497 e. The molecule has 1 unspecified atom stereocenters. The minimum Gasteiger partial charge on any atom is -0.497 e. The lowest BCUT2D eigenvalue weighted by Gasteiger charge is -2.15. The predicted molar refractivity (Wildman–Crippen MR) is 63.6 cm³/mol. The summed E-state index contributed by atoms with van der Waals surface area (Å²) in [4.78, 5) is 11.1. The Morgan fingerprint density at radius 1 is 1.29 bits per heavy atom. The first kappa shape index (κ1) is 13.3. The van der Waals surface area contributed by atoms with E-state index in [2.05, 4.69) is 5.32 Å². The molecule has 0 spiro atoms. The summed E-state index contributed by atoms with van der Waals surface area (Å²) in [7, 11) is 3.06. The number of carbonyl (C=O) groups is 1. The molecule has 5 nitrogen and oxygen atoms in total. The van der Waals surface area contributed by atoms with Gasteiger partial charge in [-0.15, -0.1) is 0 Å². The summed E-state index contributed by atoms with van der Waals surface area (Å²) in [6.45, 7) is 2.42. The van der Waals surface area contributed by atoms with Gasteiger partial charge in [-0.1, -0.05) is 6.92 Å². The number of carboxylic acids is 1. The third kappa shape index (κ3) is 3.35. The van der Waals surface area contributed by atoms with Crippen molar-refractivity contribution < 1.29 is 19.4 Å². The molecule has 0 amide bonds. The average molecular weight is 239 g/mol. The minimum absolute atomic E-state index is 0.566. The van der Waals surface area contributed by atoms with Crippen molar-refractivity contribution in [2.24, 2.45) is 0 Å². The summed E-state index contributed by atoms with van der Waals surface area (Å²) in [5, 5.41) is 12.0. The summed E-state index contributed by atoms with van der Waals surface area (Å²) >= 11 is 0. The zero-order valence-electron chi connectivity index (χ0n) is 10.2. The Hall–Kier alpha value is -1.75. The molecular formula is C12H17NO4. The maximum atomic E-state index is 11.1. The van der Waals surface area contributed by atoms with Gasteiger partial charge in [0.25, 0.3) is 0 Å². The smallest absolute Gasteiger partial charge is 0.325 e. The summed E-state index contributed by atoms with van der Waals surface area (Å²) in [6.07, 6.45) is 0. The number of likely N-dealkylation sites (N-methyl/N-ethyl adjacent to an activating group) is 1. The van der Waals surface area contributed by atoms with Gasteiger partial charge < -0.3 is 19.9 Å². The quantitative estimate of drug-likeness (QED) is 0.786. The number of hydrogen-bond donors (Lipinski definition) is 2. The van der Waals surface area contributed by atoms with Crippen molar-refractivity contribution in [3.8, 4) is 11.5 Å². The SMILES string of the molecule is CCNC(C(=O)O)c1cc(OC)cc(OC)c1. The third-order valence-corrected chi connectivity index (χ3v) is 2.36. The first-order valence-electron chi connectivity index (χ1n) is 5.31. The van der Waals surface area contributed by atoms with Gasteiger partial charge in [0.05, 0.1) is 14.2 Å². The first-order valence-corrected chi connectivity index (χ1v) is 5.31. The first-order chi connectivity index (χ1) is 8.12. The molecule has 1 rings (SSSR count). The predicted octanol–water partition coefficient (Wildman–Crippen LogP) is 1.44. The molecule has 5 heteroatoms.